The van der Waals surface area contributed by atoms with E-state index in [1.54, 1.807) is 11.7 Å². The Labute approximate surface area is 174 Å². The van der Waals surface area contributed by atoms with Crippen molar-refractivity contribution in [1.29, 1.82) is 0 Å². The van der Waals surface area contributed by atoms with Gasteiger partial charge in [-0.1, -0.05) is 35.9 Å². The van der Waals surface area contributed by atoms with E-state index < -0.39 is 0 Å². The molecular formula is C21H24N4O3S. The summed E-state index contributed by atoms with van der Waals surface area (Å²) in [5.74, 6) is 0.992. The lowest BCUT2D eigenvalue weighted by Crippen LogP contribution is -2.20. The molecular weight excluding hydrogens is 388 g/mol. The minimum Gasteiger partial charge on any atom is -0.489 e. The summed E-state index contributed by atoms with van der Waals surface area (Å²) in [6.07, 6.45) is 0. The number of carbonyl (C=O) groups excluding carboxylic acids is 1. The number of nitrogens with one attached hydrogen (secondary N) is 2. The van der Waals surface area contributed by atoms with Crippen LogP contribution in [0.5, 0.6) is 5.75 Å². The summed E-state index contributed by atoms with van der Waals surface area (Å²) >= 11 is 5.32. The highest BCUT2D eigenvalue weighted by Gasteiger charge is 2.14. The molecule has 0 fully saturated rings. The van der Waals surface area contributed by atoms with Crippen LogP contribution in [0.2, 0.25) is 0 Å². The van der Waals surface area contributed by atoms with Crippen LogP contribution in [0.25, 0.3) is 11.4 Å². The lowest BCUT2D eigenvalue weighted by molar-refractivity contribution is -0.116. The third kappa shape index (κ3) is 5.30. The molecule has 2 aromatic carbocycles. The van der Waals surface area contributed by atoms with Gasteiger partial charge in [0, 0.05) is 12.7 Å². The van der Waals surface area contributed by atoms with Crippen molar-refractivity contribution in [3.05, 3.63) is 58.4 Å². The first-order chi connectivity index (χ1) is 14.0. The largest absolute Gasteiger partial charge is 0.489 e. The fourth-order valence-corrected chi connectivity index (χ4v) is 3.00. The Morgan fingerprint density at radius 1 is 1.14 bits per heavy atom. The molecule has 3 aromatic rings. The molecule has 1 heterocycles. The summed E-state index contributed by atoms with van der Waals surface area (Å²) in [4.78, 5) is 12.7. The molecule has 8 heteroatoms. The Morgan fingerprint density at radius 2 is 1.86 bits per heavy atom. The number of aromatic nitrogens is 3. The van der Waals surface area contributed by atoms with Crippen LogP contribution < -0.4 is 10.1 Å². The maximum atomic E-state index is 12.7. The number of rotatable bonds is 8. The van der Waals surface area contributed by atoms with E-state index >= 15 is 0 Å². The van der Waals surface area contributed by atoms with E-state index in [1.165, 1.54) is 0 Å². The molecule has 3 rings (SSSR count). The number of ether oxygens (including phenoxy) is 2. The first kappa shape index (κ1) is 20.8. The highest BCUT2D eigenvalue weighted by atomic mass is 32.1. The lowest BCUT2D eigenvalue weighted by Gasteiger charge is -2.14. The van der Waals surface area contributed by atoms with Crippen molar-refractivity contribution in [2.75, 3.05) is 25.6 Å². The Hall–Kier alpha value is -2.97. The zero-order valence-corrected chi connectivity index (χ0v) is 17.5. The molecule has 2 N–H and O–H groups in total. The molecule has 0 unspecified atom stereocenters. The Kier molecular flexibility index (Phi) is 6.79. The summed E-state index contributed by atoms with van der Waals surface area (Å²) < 4.78 is 12.8. The average molecular weight is 413 g/mol. The van der Waals surface area contributed by atoms with Crippen LogP contribution in [0, 0.1) is 18.6 Å². The molecule has 0 aliphatic rings. The van der Waals surface area contributed by atoms with Gasteiger partial charge in [0.1, 0.15) is 18.9 Å². The standard InChI is InChI=1S/C21H24N4O3S/c1-14-4-7-16(8-5-14)20-23-24-21(29)25(20)13-19(26)22-17-9-6-15(2)12-18(17)28-11-10-27-3/h4-9,12H,10-11,13H2,1-3H3,(H,22,26)(H,24,29). The minimum atomic E-state index is -0.226. The van der Waals surface area contributed by atoms with Crippen LogP contribution in [0.15, 0.2) is 42.5 Å². The molecule has 0 aliphatic heterocycles. The number of H-pyrrole nitrogens is 1. The van der Waals surface area contributed by atoms with E-state index in [9.17, 15) is 4.79 Å². The number of amides is 1. The summed E-state index contributed by atoms with van der Waals surface area (Å²) in [5.41, 5.74) is 3.67. The maximum absolute atomic E-state index is 12.7. The second-order valence-electron chi connectivity index (χ2n) is 6.69. The van der Waals surface area contributed by atoms with Gasteiger partial charge in [0.05, 0.1) is 12.3 Å². The van der Waals surface area contributed by atoms with E-state index in [-0.39, 0.29) is 12.5 Å². The van der Waals surface area contributed by atoms with Gasteiger partial charge in [-0.05, 0) is 43.8 Å². The zero-order chi connectivity index (χ0) is 20.8. The van der Waals surface area contributed by atoms with Gasteiger partial charge in [0.15, 0.2) is 10.6 Å². The number of hydrogen-bond acceptors (Lipinski definition) is 5. The van der Waals surface area contributed by atoms with Gasteiger partial charge in [-0.3, -0.25) is 14.5 Å². The molecule has 0 radical (unpaired) electrons. The topological polar surface area (TPSA) is 81.2 Å². The van der Waals surface area contributed by atoms with Gasteiger partial charge in [-0.2, -0.15) is 5.10 Å². The van der Waals surface area contributed by atoms with Crippen molar-refractivity contribution in [1.82, 2.24) is 14.8 Å². The van der Waals surface area contributed by atoms with Gasteiger partial charge >= 0.3 is 0 Å². The third-order valence-corrected chi connectivity index (χ3v) is 4.64. The minimum absolute atomic E-state index is 0.0317. The number of anilines is 1. The van der Waals surface area contributed by atoms with Gasteiger partial charge < -0.3 is 14.8 Å². The van der Waals surface area contributed by atoms with E-state index in [0.717, 1.165) is 16.7 Å². The summed E-state index contributed by atoms with van der Waals surface area (Å²) in [6, 6.07) is 13.5. The van der Waals surface area contributed by atoms with Crippen LogP contribution in [-0.4, -0.2) is 41.0 Å². The first-order valence-corrected chi connectivity index (χ1v) is 9.63. The fraction of sp³-hybridized carbons (Fsp3) is 0.286. The number of aryl methyl sites for hydroxylation is 2. The van der Waals surface area contributed by atoms with Crippen LogP contribution in [0.3, 0.4) is 0 Å². The first-order valence-electron chi connectivity index (χ1n) is 9.22. The van der Waals surface area contributed by atoms with Gasteiger partial charge in [-0.15, -0.1) is 0 Å². The molecule has 0 aliphatic carbocycles. The second-order valence-corrected chi connectivity index (χ2v) is 7.08. The van der Waals surface area contributed by atoms with Crippen molar-refractivity contribution in [3.63, 3.8) is 0 Å². The molecule has 152 valence electrons. The van der Waals surface area contributed by atoms with E-state index in [1.807, 2.05) is 56.3 Å². The fourth-order valence-electron chi connectivity index (χ4n) is 2.81. The van der Waals surface area contributed by atoms with E-state index in [0.29, 0.717) is 35.2 Å². The molecule has 0 saturated carbocycles. The number of hydrogen-bond donors (Lipinski definition) is 2. The van der Waals surface area contributed by atoms with E-state index in [4.69, 9.17) is 21.7 Å². The Balaban J connectivity index is 1.78. The molecule has 29 heavy (non-hydrogen) atoms. The summed E-state index contributed by atoms with van der Waals surface area (Å²) in [5, 5.41) is 9.96. The summed E-state index contributed by atoms with van der Waals surface area (Å²) in [7, 11) is 1.61. The zero-order valence-electron chi connectivity index (χ0n) is 16.7. The number of benzene rings is 2. The maximum Gasteiger partial charge on any atom is 0.244 e. The third-order valence-electron chi connectivity index (χ3n) is 4.33. The quantitative estimate of drug-likeness (QED) is 0.433. The predicted molar refractivity (Wildman–Crippen MR) is 115 cm³/mol. The second kappa shape index (κ2) is 9.49. The molecule has 0 saturated heterocycles. The number of carbonyl (C=O) groups is 1. The van der Waals surface area contributed by atoms with E-state index in [2.05, 4.69) is 15.5 Å². The van der Waals surface area contributed by atoms with Gasteiger partial charge in [-0.25, -0.2) is 0 Å². The van der Waals surface area contributed by atoms with Crippen molar-refractivity contribution < 1.29 is 14.3 Å². The Bertz CT molecular complexity index is 1040. The highest BCUT2D eigenvalue weighted by Crippen LogP contribution is 2.26. The highest BCUT2D eigenvalue weighted by molar-refractivity contribution is 7.71. The molecule has 7 nitrogen and oxygen atoms in total. The van der Waals surface area contributed by atoms with Crippen molar-refractivity contribution in [2.45, 2.75) is 20.4 Å². The van der Waals surface area contributed by atoms with Gasteiger partial charge in [0.2, 0.25) is 5.91 Å². The molecule has 1 amide bonds. The van der Waals surface area contributed by atoms with Crippen LogP contribution in [0.1, 0.15) is 11.1 Å². The number of methoxy groups -OCH3 is 1. The van der Waals surface area contributed by atoms with Crippen molar-refractivity contribution in [2.24, 2.45) is 0 Å². The predicted octanol–water partition coefficient (Wildman–Crippen LogP) is 3.89. The van der Waals surface area contributed by atoms with Gasteiger partial charge in [0.25, 0.3) is 0 Å². The Morgan fingerprint density at radius 3 is 2.59 bits per heavy atom. The number of aromatic amines is 1. The van der Waals surface area contributed by atoms with Crippen molar-refractivity contribution in [3.8, 4) is 17.1 Å². The van der Waals surface area contributed by atoms with Crippen molar-refractivity contribution >= 4 is 23.8 Å². The molecule has 0 bridgehead atoms. The lowest BCUT2D eigenvalue weighted by atomic mass is 10.1. The molecule has 1 aromatic heterocycles. The monoisotopic (exact) mass is 412 g/mol. The smallest absolute Gasteiger partial charge is 0.244 e. The molecule has 0 atom stereocenters. The number of nitrogens with zero attached hydrogens (tertiary/aromatic N) is 2. The molecule has 0 spiro atoms. The normalized spacial score (nSPS) is 10.7. The van der Waals surface area contributed by atoms with Crippen LogP contribution in [-0.2, 0) is 16.1 Å². The van der Waals surface area contributed by atoms with Crippen LogP contribution in [0.4, 0.5) is 5.69 Å². The SMILES string of the molecule is COCCOc1cc(C)ccc1NC(=O)Cn1c(-c2ccc(C)cc2)n[nH]c1=S. The average Bonchev–Trinajstić information content (AvgIpc) is 3.05. The van der Waals surface area contributed by atoms with Crippen LogP contribution >= 0.6 is 12.2 Å². The summed E-state index contributed by atoms with van der Waals surface area (Å²) in [6.45, 7) is 4.87.